The van der Waals surface area contributed by atoms with Gasteiger partial charge < -0.3 is 14.7 Å². The van der Waals surface area contributed by atoms with Crippen LogP contribution in [0, 0.1) is 0 Å². The smallest absolute Gasteiger partial charge is 0.475 e. The van der Waals surface area contributed by atoms with Gasteiger partial charge in [0.2, 0.25) is 0 Å². The largest absolute Gasteiger partial charge is 0.490 e. The molecule has 3 heterocycles. The number of aliphatic carboxylic acids is 1. The number of aromatic nitrogens is 3. The van der Waals surface area contributed by atoms with E-state index in [4.69, 9.17) is 14.6 Å². The van der Waals surface area contributed by atoms with Gasteiger partial charge in [-0.05, 0) is 29.8 Å². The molecule has 2 aromatic heterocycles. The molecule has 0 saturated carbocycles. The molecule has 10 nitrogen and oxygen atoms in total. The van der Waals surface area contributed by atoms with Crippen LogP contribution < -0.4 is 10.7 Å². The molecule has 1 saturated heterocycles. The number of carbonyl (C=O) groups is 1. The first-order valence-electron chi connectivity index (χ1n) is 13.0. The second kappa shape index (κ2) is 13.7. The van der Waals surface area contributed by atoms with Crippen LogP contribution in [0.3, 0.4) is 0 Å². The number of benzene rings is 2. The molecular formula is C26H22F9N5O5S. The summed E-state index contributed by atoms with van der Waals surface area (Å²) in [6.07, 6.45) is -14.4. The van der Waals surface area contributed by atoms with Gasteiger partial charge in [0.25, 0.3) is 0 Å². The first kappa shape index (κ1) is 34.7. The number of carboxylic acid groups (broad SMARTS) is 1. The SMILES string of the molecule is O=C(O)C(F)(F)F.O=c1[nH]c(-c2ccc(CN(CCN3CCOCC3)c3nc4ccc(C(F)(F)F)cc4s3)cc2C(F)(F)F)no1. The van der Waals surface area contributed by atoms with Crippen molar-refractivity contribution in [3.63, 3.8) is 0 Å². The average molecular weight is 688 g/mol. The number of aromatic amines is 1. The number of hydrogen-bond acceptors (Lipinski definition) is 9. The van der Waals surface area contributed by atoms with Gasteiger partial charge in [-0.15, -0.1) is 0 Å². The third kappa shape index (κ3) is 8.97. The molecule has 46 heavy (non-hydrogen) atoms. The van der Waals surface area contributed by atoms with E-state index in [1.165, 1.54) is 18.2 Å². The quantitative estimate of drug-likeness (QED) is 0.237. The van der Waals surface area contributed by atoms with Gasteiger partial charge in [-0.2, -0.15) is 39.5 Å². The molecule has 1 aliphatic rings. The third-order valence-corrected chi connectivity index (χ3v) is 7.54. The molecular weight excluding hydrogens is 665 g/mol. The summed E-state index contributed by atoms with van der Waals surface area (Å²) >= 11 is 1.04. The molecule has 2 N–H and O–H groups in total. The number of carboxylic acids is 1. The molecule has 0 aliphatic carbocycles. The van der Waals surface area contributed by atoms with Crippen molar-refractivity contribution in [1.82, 2.24) is 20.0 Å². The van der Waals surface area contributed by atoms with E-state index >= 15 is 0 Å². The Hall–Kier alpha value is -4.17. The van der Waals surface area contributed by atoms with Gasteiger partial charge in [-0.3, -0.25) is 14.4 Å². The molecule has 0 unspecified atom stereocenters. The fraction of sp³-hybridized carbons (Fsp3) is 0.385. The Morgan fingerprint density at radius 2 is 1.67 bits per heavy atom. The Morgan fingerprint density at radius 3 is 2.24 bits per heavy atom. The van der Waals surface area contributed by atoms with Gasteiger partial charge in [-0.25, -0.2) is 14.6 Å². The Balaban J connectivity index is 0.000000617. The number of H-pyrrole nitrogens is 1. The summed E-state index contributed by atoms with van der Waals surface area (Å²) in [6, 6.07) is 6.87. The third-order valence-electron chi connectivity index (χ3n) is 6.47. The van der Waals surface area contributed by atoms with E-state index < -0.39 is 41.4 Å². The monoisotopic (exact) mass is 687 g/mol. The summed E-state index contributed by atoms with van der Waals surface area (Å²) in [5.41, 5.74) is -1.52. The number of hydrogen-bond donors (Lipinski definition) is 2. The Labute approximate surface area is 256 Å². The fourth-order valence-electron chi connectivity index (χ4n) is 4.25. The number of anilines is 1. The summed E-state index contributed by atoms with van der Waals surface area (Å²) in [5, 5.41) is 10.9. The van der Waals surface area contributed by atoms with Crippen molar-refractivity contribution < 1.29 is 58.7 Å². The number of halogens is 9. The maximum absolute atomic E-state index is 14.0. The number of alkyl halides is 9. The molecule has 5 rings (SSSR count). The first-order chi connectivity index (χ1) is 21.4. The molecule has 0 amide bonds. The number of morpholine rings is 1. The maximum atomic E-state index is 14.0. The summed E-state index contributed by atoms with van der Waals surface area (Å²) in [5.74, 6) is -4.09. The standard InChI is InChI=1S/C24H21F6N5O3S.C2HF3O2/c25-23(26,27)15-2-4-18-19(12-15)39-21(31-18)35(6-5-34-7-9-37-10-8-34)13-14-1-3-16(17(11-14)24(28,29)30)20-32-22(36)38-33-20;3-2(4,5)1(6)7/h1-4,11-12H,5-10,13H2,(H,32,33,36);(H,6,7). The molecule has 1 aliphatic heterocycles. The molecule has 0 radical (unpaired) electrons. The summed E-state index contributed by atoms with van der Waals surface area (Å²) in [4.78, 5) is 30.7. The minimum Gasteiger partial charge on any atom is -0.475 e. The van der Waals surface area contributed by atoms with E-state index in [-0.39, 0.29) is 23.5 Å². The van der Waals surface area contributed by atoms with Crippen LogP contribution in [0.2, 0.25) is 0 Å². The zero-order chi connectivity index (χ0) is 33.9. The van der Waals surface area contributed by atoms with E-state index in [9.17, 15) is 44.3 Å². The van der Waals surface area contributed by atoms with E-state index in [1.807, 2.05) is 0 Å². The molecule has 20 heteroatoms. The average Bonchev–Trinajstić information content (AvgIpc) is 3.60. The number of nitrogens with zero attached hydrogens (tertiary/aromatic N) is 4. The van der Waals surface area contributed by atoms with Crippen molar-refractivity contribution in [1.29, 1.82) is 0 Å². The van der Waals surface area contributed by atoms with Crippen LogP contribution in [0.5, 0.6) is 0 Å². The summed E-state index contributed by atoms with van der Waals surface area (Å²) in [6.45, 7) is 3.42. The van der Waals surface area contributed by atoms with Crippen molar-refractivity contribution in [2.24, 2.45) is 0 Å². The molecule has 1 fully saturated rings. The van der Waals surface area contributed by atoms with Gasteiger partial charge in [-0.1, -0.05) is 28.6 Å². The highest BCUT2D eigenvalue weighted by Crippen LogP contribution is 2.38. The van der Waals surface area contributed by atoms with Crippen LogP contribution in [0.25, 0.3) is 21.6 Å². The lowest BCUT2D eigenvalue weighted by Gasteiger charge is -2.30. The van der Waals surface area contributed by atoms with E-state index in [1.54, 1.807) is 4.90 Å². The number of rotatable bonds is 7. The van der Waals surface area contributed by atoms with Crippen molar-refractivity contribution in [2.75, 3.05) is 44.3 Å². The Bertz CT molecular complexity index is 1710. The predicted molar refractivity (Wildman–Crippen MR) is 144 cm³/mol. The Kier molecular flexibility index (Phi) is 10.3. The topological polar surface area (TPSA) is 125 Å². The lowest BCUT2D eigenvalue weighted by molar-refractivity contribution is -0.192. The van der Waals surface area contributed by atoms with Crippen LogP contribution in [-0.4, -0.2) is 76.7 Å². The van der Waals surface area contributed by atoms with Crippen molar-refractivity contribution in [2.45, 2.75) is 25.1 Å². The second-order valence-corrected chi connectivity index (χ2v) is 10.7. The van der Waals surface area contributed by atoms with Crippen LogP contribution in [0.15, 0.2) is 45.7 Å². The minimum absolute atomic E-state index is 0.00891. The zero-order valence-corrected chi connectivity index (χ0v) is 23.9. The first-order valence-corrected chi connectivity index (χ1v) is 13.8. The lowest BCUT2D eigenvalue weighted by atomic mass is 10.0. The minimum atomic E-state index is -5.08. The predicted octanol–water partition coefficient (Wildman–Crippen LogP) is 5.65. The molecule has 4 aromatic rings. The van der Waals surface area contributed by atoms with Crippen molar-refractivity contribution >= 4 is 32.7 Å². The van der Waals surface area contributed by atoms with Crippen LogP contribution in [0.4, 0.5) is 44.6 Å². The van der Waals surface area contributed by atoms with Gasteiger partial charge in [0.15, 0.2) is 11.0 Å². The molecule has 0 bridgehead atoms. The highest BCUT2D eigenvalue weighted by Gasteiger charge is 2.38. The van der Waals surface area contributed by atoms with Crippen LogP contribution >= 0.6 is 11.3 Å². The van der Waals surface area contributed by atoms with E-state index in [0.717, 1.165) is 29.5 Å². The number of thiazole rings is 1. The van der Waals surface area contributed by atoms with Crippen molar-refractivity contribution in [3.05, 3.63) is 63.6 Å². The van der Waals surface area contributed by atoms with Gasteiger partial charge in [0.1, 0.15) is 0 Å². The zero-order valence-electron chi connectivity index (χ0n) is 23.1. The Morgan fingerprint density at radius 1 is 1.00 bits per heavy atom. The van der Waals surface area contributed by atoms with Gasteiger partial charge >= 0.3 is 30.3 Å². The second-order valence-electron chi connectivity index (χ2n) is 9.68. The number of nitrogens with one attached hydrogen (secondary N) is 1. The summed E-state index contributed by atoms with van der Waals surface area (Å²) < 4.78 is 123. The maximum Gasteiger partial charge on any atom is 0.490 e. The van der Waals surface area contributed by atoms with Crippen LogP contribution in [0.1, 0.15) is 16.7 Å². The van der Waals surface area contributed by atoms with Gasteiger partial charge in [0, 0.05) is 38.3 Å². The summed E-state index contributed by atoms with van der Waals surface area (Å²) in [7, 11) is 0. The fourth-order valence-corrected chi connectivity index (χ4v) is 5.28. The molecule has 250 valence electrons. The van der Waals surface area contributed by atoms with E-state index in [2.05, 4.69) is 24.5 Å². The van der Waals surface area contributed by atoms with Crippen molar-refractivity contribution in [3.8, 4) is 11.4 Å². The highest BCUT2D eigenvalue weighted by atomic mass is 32.1. The molecule has 0 spiro atoms. The normalized spacial score (nSPS) is 14.6. The van der Waals surface area contributed by atoms with E-state index in [0.29, 0.717) is 54.7 Å². The number of ether oxygens (including phenoxy) is 1. The van der Waals surface area contributed by atoms with Gasteiger partial charge in [0.05, 0.1) is 34.6 Å². The van der Waals surface area contributed by atoms with Crippen LogP contribution in [-0.2, 0) is 28.4 Å². The number of fused-ring (bicyclic) bond motifs is 1. The molecule has 2 aromatic carbocycles. The molecule has 0 atom stereocenters. The highest BCUT2D eigenvalue weighted by molar-refractivity contribution is 7.22. The lowest BCUT2D eigenvalue weighted by Crippen LogP contribution is -2.41.